The van der Waals surface area contributed by atoms with Gasteiger partial charge in [-0.1, -0.05) is 32.6 Å². The van der Waals surface area contributed by atoms with Crippen molar-refractivity contribution in [3.05, 3.63) is 0 Å². The molecule has 0 amide bonds. The summed E-state index contributed by atoms with van der Waals surface area (Å²) in [7, 11) is 0. The second-order valence-electron chi connectivity index (χ2n) is 4.98. The Balaban J connectivity index is 2.28. The van der Waals surface area contributed by atoms with Gasteiger partial charge in [0.25, 0.3) is 0 Å². The molecule has 6 heteroatoms. The smallest absolute Gasteiger partial charge is 0.186 e. The summed E-state index contributed by atoms with van der Waals surface area (Å²) in [6, 6.07) is 0. The normalized spacial score (nSPS) is 35.5. The third kappa shape index (κ3) is 4.98. The van der Waals surface area contributed by atoms with Crippen LogP contribution >= 0.6 is 0 Å². The van der Waals surface area contributed by atoms with Crippen LogP contribution in [0.15, 0.2) is 0 Å². The average molecular weight is 278 g/mol. The Kier molecular flexibility index (Phi) is 7.82. The quantitative estimate of drug-likeness (QED) is 0.458. The van der Waals surface area contributed by atoms with Gasteiger partial charge in [0.05, 0.1) is 6.61 Å². The first-order valence-electron chi connectivity index (χ1n) is 7.04. The number of aliphatic hydroxyl groups excluding tert-OH is 4. The molecule has 1 fully saturated rings. The fourth-order valence-electron chi connectivity index (χ4n) is 2.11. The number of hydrogen-bond donors (Lipinski definition) is 4. The van der Waals surface area contributed by atoms with E-state index >= 15 is 0 Å². The van der Waals surface area contributed by atoms with E-state index in [0.29, 0.717) is 6.61 Å². The highest BCUT2D eigenvalue weighted by Gasteiger charge is 2.43. The molecule has 0 bridgehead atoms. The molecule has 2 unspecified atom stereocenters. The van der Waals surface area contributed by atoms with Crippen molar-refractivity contribution >= 4 is 0 Å². The van der Waals surface area contributed by atoms with Crippen LogP contribution < -0.4 is 0 Å². The van der Waals surface area contributed by atoms with Crippen LogP contribution in [0.5, 0.6) is 0 Å². The van der Waals surface area contributed by atoms with Crippen molar-refractivity contribution in [3.63, 3.8) is 0 Å². The molecular formula is C13H26O6. The molecule has 114 valence electrons. The Bertz CT molecular complexity index is 235. The maximum Gasteiger partial charge on any atom is 0.186 e. The summed E-state index contributed by atoms with van der Waals surface area (Å²) in [5.41, 5.74) is 0. The third-order valence-corrected chi connectivity index (χ3v) is 3.38. The summed E-state index contributed by atoms with van der Waals surface area (Å²) >= 11 is 0. The van der Waals surface area contributed by atoms with Gasteiger partial charge < -0.3 is 29.9 Å². The van der Waals surface area contributed by atoms with E-state index in [0.717, 1.165) is 19.3 Å². The lowest BCUT2D eigenvalue weighted by Crippen LogP contribution is -2.59. The minimum atomic E-state index is -1.36. The molecule has 4 N–H and O–H groups in total. The molecule has 0 aliphatic carbocycles. The van der Waals surface area contributed by atoms with Gasteiger partial charge in [0.15, 0.2) is 6.29 Å². The van der Waals surface area contributed by atoms with E-state index in [9.17, 15) is 15.3 Å². The Morgan fingerprint density at radius 1 is 0.947 bits per heavy atom. The fourth-order valence-corrected chi connectivity index (χ4v) is 2.11. The maximum absolute atomic E-state index is 9.72. The number of rotatable bonds is 8. The molecule has 1 aliphatic heterocycles. The zero-order chi connectivity index (χ0) is 14.3. The lowest BCUT2D eigenvalue weighted by molar-refractivity contribution is -0.301. The van der Waals surface area contributed by atoms with Crippen molar-refractivity contribution in [2.24, 2.45) is 0 Å². The summed E-state index contributed by atoms with van der Waals surface area (Å²) < 4.78 is 10.6. The van der Waals surface area contributed by atoms with Crippen LogP contribution in [0.2, 0.25) is 0 Å². The molecule has 0 aromatic rings. The average Bonchev–Trinajstić information content (AvgIpc) is 2.42. The first-order chi connectivity index (χ1) is 9.11. The van der Waals surface area contributed by atoms with Gasteiger partial charge in [-0.15, -0.1) is 0 Å². The minimum Gasteiger partial charge on any atom is -0.394 e. The molecule has 0 aromatic heterocycles. The second-order valence-corrected chi connectivity index (χ2v) is 4.98. The molecule has 1 aliphatic rings. The SMILES string of the molecule is CCCCCCCO[C@H]1O[C@H](CO)[C@@H](O)C(O)C1O. The highest BCUT2D eigenvalue weighted by Crippen LogP contribution is 2.22. The van der Waals surface area contributed by atoms with Crippen molar-refractivity contribution in [1.29, 1.82) is 0 Å². The summed E-state index contributed by atoms with van der Waals surface area (Å²) in [4.78, 5) is 0. The summed E-state index contributed by atoms with van der Waals surface area (Å²) in [6.45, 7) is 2.14. The number of aliphatic hydroxyl groups is 4. The molecule has 19 heavy (non-hydrogen) atoms. The maximum atomic E-state index is 9.72. The predicted octanol–water partition coefficient (Wildman–Crippen LogP) is -0.227. The monoisotopic (exact) mass is 278 g/mol. The van der Waals surface area contributed by atoms with Gasteiger partial charge in [0.2, 0.25) is 0 Å². The second kappa shape index (κ2) is 8.84. The Morgan fingerprint density at radius 3 is 2.26 bits per heavy atom. The van der Waals surface area contributed by atoms with E-state index in [1.54, 1.807) is 0 Å². The van der Waals surface area contributed by atoms with Gasteiger partial charge in [-0.05, 0) is 6.42 Å². The standard InChI is InChI=1S/C13H26O6/c1-2-3-4-5-6-7-18-13-12(17)11(16)10(15)9(8-14)19-13/h9-17H,2-8H2,1H3/t9-,10-,11?,12?,13+/m1/s1. The van der Waals surface area contributed by atoms with Gasteiger partial charge in [-0.2, -0.15) is 0 Å². The van der Waals surface area contributed by atoms with Crippen molar-refractivity contribution in [2.45, 2.75) is 69.7 Å². The molecular weight excluding hydrogens is 252 g/mol. The van der Waals surface area contributed by atoms with Gasteiger partial charge in [0, 0.05) is 6.61 Å². The number of unbranched alkanes of at least 4 members (excludes halogenated alkanes) is 4. The van der Waals surface area contributed by atoms with Crippen molar-refractivity contribution in [1.82, 2.24) is 0 Å². The van der Waals surface area contributed by atoms with Gasteiger partial charge >= 0.3 is 0 Å². The molecule has 0 aromatic carbocycles. The highest BCUT2D eigenvalue weighted by atomic mass is 16.7. The van der Waals surface area contributed by atoms with E-state index in [4.69, 9.17) is 14.6 Å². The first-order valence-corrected chi connectivity index (χ1v) is 7.04. The van der Waals surface area contributed by atoms with Crippen LogP contribution in [0.1, 0.15) is 39.0 Å². The van der Waals surface area contributed by atoms with Crippen LogP contribution in [0.25, 0.3) is 0 Å². The Morgan fingerprint density at radius 2 is 1.63 bits per heavy atom. The van der Waals surface area contributed by atoms with Gasteiger partial charge in [-0.25, -0.2) is 0 Å². The predicted molar refractivity (Wildman–Crippen MR) is 68.5 cm³/mol. The van der Waals surface area contributed by atoms with E-state index in [2.05, 4.69) is 6.92 Å². The van der Waals surface area contributed by atoms with Crippen molar-refractivity contribution in [2.75, 3.05) is 13.2 Å². The van der Waals surface area contributed by atoms with Crippen LogP contribution in [0.3, 0.4) is 0 Å². The lowest BCUT2D eigenvalue weighted by Gasteiger charge is -2.39. The number of hydrogen-bond acceptors (Lipinski definition) is 6. The molecule has 0 spiro atoms. The summed E-state index contributed by atoms with van der Waals surface area (Å²) in [6.07, 6.45) is -0.471. The number of ether oxygens (including phenoxy) is 2. The van der Waals surface area contributed by atoms with Crippen LogP contribution in [-0.4, -0.2) is 64.3 Å². The van der Waals surface area contributed by atoms with Crippen LogP contribution in [0.4, 0.5) is 0 Å². The molecule has 0 radical (unpaired) electrons. The van der Waals surface area contributed by atoms with Gasteiger partial charge in [-0.3, -0.25) is 0 Å². The van der Waals surface area contributed by atoms with Crippen molar-refractivity contribution < 1.29 is 29.9 Å². The van der Waals surface area contributed by atoms with E-state index < -0.39 is 37.3 Å². The topological polar surface area (TPSA) is 99.4 Å². The van der Waals surface area contributed by atoms with Crippen LogP contribution in [-0.2, 0) is 9.47 Å². The molecule has 1 rings (SSSR count). The van der Waals surface area contributed by atoms with Crippen LogP contribution in [0, 0.1) is 0 Å². The molecule has 1 saturated heterocycles. The fraction of sp³-hybridized carbons (Fsp3) is 1.00. The third-order valence-electron chi connectivity index (χ3n) is 3.38. The van der Waals surface area contributed by atoms with E-state index in [1.165, 1.54) is 12.8 Å². The molecule has 5 atom stereocenters. The van der Waals surface area contributed by atoms with Gasteiger partial charge in [0.1, 0.15) is 24.4 Å². The lowest BCUT2D eigenvalue weighted by atomic mass is 9.99. The molecule has 6 nitrogen and oxygen atoms in total. The first kappa shape index (κ1) is 16.8. The highest BCUT2D eigenvalue weighted by molar-refractivity contribution is 4.88. The van der Waals surface area contributed by atoms with E-state index in [1.807, 2.05) is 0 Å². The Labute approximate surface area is 114 Å². The zero-order valence-corrected chi connectivity index (χ0v) is 11.4. The summed E-state index contributed by atoms with van der Waals surface area (Å²) in [5, 5.41) is 37.9. The molecule has 1 heterocycles. The minimum absolute atomic E-state index is 0.423. The van der Waals surface area contributed by atoms with Crippen molar-refractivity contribution in [3.8, 4) is 0 Å². The summed E-state index contributed by atoms with van der Waals surface area (Å²) in [5.74, 6) is 0. The Hall–Kier alpha value is -0.240. The molecule has 0 saturated carbocycles. The largest absolute Gasteiger partial charge is 0.394 e. The van der Waals surface area contributed by atoms with E-state index in [-0.39, 0.29) is 0 Å². The zero-order valence-electron chi connectivity index (χ0n) is 11.4.